The molecule has 4 nitrogen and oxygen atoms in total. The molecule has 0 atom stereocenters. The van der Waals surface area contributed by atoms with Gasteiger partial charge in [-0.1, -0.05) is 42.5 Å². The molecule has 0 amide bonds. The highest BCUT2D eigenvalue weighted by molar-refractivity contribution is 6.06. The maximum absolute atomic E-state index is 5.60. The molecule has 0 spiro atoms. The van der Waals surface area contributed by atoms with Gasteiger partial charge in [-0.2, -0.15) is 5.43 Å². The maximum Gasteiger partial charge on any atom is 0.0564 e. The lowest BCUT2D eigenvalue weighted by Gasteiger charge is -2.17. The summed E-state index contributed by atoms with van der Waals surface area (Å²) in [7, 11) is 0. The van der Waals surface area contributed by atoms with Gasteiger partial charge in [0, 0.05) is 6.54 Å². The van der Waals surface area contributed by atoms with Gasteiger partial charge < -0.3 is 0 Å². The Kier molecular flexibility index (Phi) is 3.86. The van der Waals surface area contributed by atoms with E-state index in [1.165, 1.54) is 38.2 Å². The summed E-state index contributed by atoms with van der Waals surface area (Å²) in [6, 6.07) is 14.7. The Morgan fingerprint density at radius 2 is 1.62 bits per heavy atom. The Balaban J connectivity index is 2.53. The average Bonchev–Trinajstić information content (AvgIpc) is 2.51. The number of nitrogens with two attached hydrogens (primary N) is 2. The first-order valence-electron chi connectivity index (χ1n) is 7.00. The van der Waals surface area contributed by atoms with Crippen molar-refractivity contribution in [1.82, 2.24) is 10.9 Å². The molecule has 0 saturated carbocycles. The van der Waals surface area contributed by atoms with Crippen molar-refractivity contribution in [2.24, 2.45) is 11.7 Å². The highest BCUT2D eigenvalue weighted by atomic mass is 15.2. The van der Waals surface area contributed by atoms with Crippen LogP contribution in [0.25, 0.3) is 21.5 Å². The van der Waals surface area contributed by atoms with E-state index < -0.39 is 0 Å². The van der Waals surface area contributed by atoms with Crippen LogP contribution in [0.3, 0.4) is 0 Å². The van der Waals surface area contributed by atoms with E-state index in [9.17, 15) is 0 Å². The summed E-state index contributed by atoms with van der Waals surface area (Å²) in [6.07, 6.45) is 0. The quantitative estimate of drug-likeness (QED) is 0.389. The number of rotatable bonds is 4. The molecule has 0 unspecified atom stereocenters. The number of hydrogen-bond donors (Lipinski definition) is 3. The minimum atomic E-state index is 0.511. The van der Waals surface area contributed by atoms with E-state index in [0.717, 1.165) is 0 Å². The van der Waals surface area contributed by atoms with Crippen molar-refractivity contribution in [3.63, 3.8) is 0 Å². The highest BCUT2D eigenvalue weighted by Gasteiger charge is 2.14. The molecule has 0 aliphatic rings. The van der Waals surface area contributed by atoms with Crippen molar-refractivity contribution in [2.75, 3.05) is 0 Å². The van der Waals surface area contributed by atoms with Gasteiger partial charge in [0.25, 0.3) is 0 Å². The Hall–Kier alpha value is -1.98. The van der Waals surface area contributed by atoms with Gasteiger partial charge in [0.15, 0.2) is 0 Å². The lowest BCUT2D eigenvalue weighted by molar-refractivity contribution is 0.729. The first kappa shape index (κ1) is 14.0. The van der Waals surface area contributed by atoms with E-state index in [4.69, 9.17) is 11.7 Å². The Morgan fingerprint density at radius 1 is 0.952 bits per heavy atom. The standard InChI is InChI=1S/C17H19N4/c1-11-5-4-8-14-15(9-20-18)12-6-2-3-7-13(12)16(10-21-19)17(11)14/h2-8,21H,9-10,18-19H2,1H3. The normalized spacial score (nSPS) is 11.4. The van der Waals surface area contributed by atoms with Gasteiger partial charge in [-0.05, 0) is 45.2 Å². The zero-order valence-electron chi connectivity index (χ0n) is 12.1. The summed E-state index contributed by atoms with van der Waals surface area (Å²) in [5, 5.41) is 4.84. The zero-order valence-corrected chi connectivity index (χ0v) is 12.1. The maximum atomic E-state index is 5.60. The lowest BCUT2D eigenvalue weighted by atomic mass is 9.89. The van der Waals surface area contributed by atoms with E-state index >= 15 is 0 Å². The van der Waals surface area contributed by atoms with Crippen LogP contribution in [0.15, 0.2) is 42.5 Å². The largest absolute Gasteiger partial charge is 0.271 e. The van der Waals surface area contributed by atoms with Gasteiger partial charge in [0.1, 0.15) is 0 Å². The summed E-state index contributed by atoms with van der Waals surface area (Å²) in [5.41, 5.74) is 10.3. The molecule has 0 bridgehead atoms. The molecule has 0 aliphatic heterocycles. The number of nitrogens with one attached hydrogen (secondary N) is 1. The van der Waals surface area contributed by atoms with Crippen LogP contribution in [0.1, 0.15) is 16.7 Å². The molecule has 0 aliphatic carbocycles. The van der Waals surface area contributed by atoms with E-state index in [2.05, 4.69) is 54.2 Å². The summed E-state index contributed by atoms with van der Waals surface area (Å²) in [6.45, 7) is 3.26. The third-order valence-electron chi connectivity index (χ3n) is 4.01. The number of hydrazine groups is 1. The SMILES string of the molecule is Cc1cccc2c(C[N]N)c3ccccc3c(CNN)c12. The van der Waals surface area contributed by atoms with Gasteiger partial charge in [-0.15, -0.1) is 0 Å². The van der Waals surface area contributed by atoms with Crippen molar-refractivity contribution >= 4 is 21.5 Å². The van der Waals surface area contributed by atoms with Crippen LogP contribution in [0.5, 0.6) is 0 Å². The molecule has 0 heterocycles. The summed E-state index contributed by atoms with van der Waals surface area (Å²) in [5.74, 6) is 11.1. The van der Waals surface area contributed by atoms with Crippen LogP contribution in [-0.2, 0) is 13.1 Å². The molecular formula is C17H19N4. The molecule has 107 valence electrons. The third-order valence-corrected chi connectivity index (χ3v) is 4.01. The van der Waals surface area contributed by atoms with Crippen LogP contribution in [0.4, 0.5) is 0 Å². The van der Waals surface area contributed by atoms with Gasteiger partial charge in [-0.25, -0.2) is 0 Å². The topological polar surface area (TPSA) is 78.2 Å². The number of nitrogens with zero attached hydrogens (tertiary/aromatic N) is 1. The fraction of sp³-hybridized carbons (Fsp3) is 0.176. The van der Waals surface area contributed by atoms with Gasteiger partial charge in [0.05, 0.1) is 6.54 Å². The van der Waals surface area contributed by atoms with E-state index in [0.29, 0.717) is 13.1 Å². The van der Waals surface area contributed by atoms with Crippen LogP contribution in [0, 0.1) is 6.92 Å². The minimum absolute atomic E-state index is 0.511. The van der Waals surface area contributed by atoms with Gasteiger partial charge in [-0.3, -0.25) is 17.1 Å². The predicted molar refractivity (Wildman–Crippen MR) is 87.2 cm³/mol. The molecule has 0 saturated heterocycles. The summed E-state index contributed by atoms with van der Waals surface area (Å²) >= 11 is 0. The highest BCUT2D eigenvalue weighted by Crippen LogP contribution is 2.34. The smallest absolute Gasteiger partial charge is 0.0564 e. The number of benzene rings is 3. The van der Waals surface area contributed by atoms with Crippen molar-refractivity contribution < 1.29 is 0 Å². The molecule has 5 N–H and O–H groups in total. The van der Waals surface area contributed by atoms with Crippen LogP contribution in [0.2, 0.25) is 0 Å². The van der Waals surface area contributed by atoms with Gasteiger partial charge in [0.2, 0.25) is 0 Å². The second-order valence-electron chi connectivity index (χ2n) is 5.22. The Labute approximate surface area is 124 Å². The fourth-order valence-corrected chi connectivity index (χ4v) is 3.16. The van der Waals surface area contributed by atoms with Crippen molar-refractivity contribution in [2.45, 2.75) is 20.0 Å². The van der Waals surface area contributed by atoms with Crippen LogP contribution in [-0.4, -0.2) is 0 Å². The average molecular weight is 279 g/mol. The van der Waals surface area contributed by atoms with Gasteiger partial charge >= 0.3 is 0 Å². The number of hydrogen-bond acceptors (Lipinski definition) is 3. The predicted octanol–water partition coefficient (Wildman–Crippen LogP) is 2.24. The van der Waals surface area contributed by atoms with Crippen LogP contribution < -0.4 is 22.5 Å². The van der Waals surface area contributed by atoms with E-state index in [1.54, 1.807) is 0 Å². The van der Waals surface area contributed by atoms with E-state index in [-0.39, 0.29) is 0 Å². The minimum Gasteiger partial charge on any atom is -0.271 e. The zero-order chi connectivity index (χ0) is 14.8. The van der Waals surface area contributed by atoms with Crippen molar-refractivity contribution in [3.8, 4) is 0 Å². The molecule has 3 aromatic carbocycles. The second kappa shape index (κ2) is 5.79. The Morgan fingerprint density at radius 3 is 2.29 bits per heavy atom. The first-order chi connectivity index (χ1) is 10.3. The van der Waals surface area contributed by atoms with Crippen LogP contribution >= 0.6 is 0 Å². The number of fused-ring (bicyclic) bond motifs is 2. The van der Waals surface area contributed by atoms with Crippen molar-refractivity contribution in [1.29, 1.82) is 0 Å². The summed E-state index contributed by atoms with van der Waals surface area (Å²) in [4.78, 5) is 0. The first-order valence-corrected chi connectivity index (χ1v) is 7.00. The summed E-state index contributed by atoms with van der Waals surface area (Å²) < 4.78 is 0. The van der Waals surface area contributed by atoms with Crippen molar-refractivity contribution in [3.05, 3.63) is 59.2 Å². The fourth-order valence-electron chi connectivity index (χ4n) is 3.16. The molecule has 0 aromatic heterocycles. The van der Waals surface area contributed by atoms with E-state index in [1.807, 2.05) is 6.07 Å². The number of aryl methyl sites for hydroxylation is 1. The third kappa shape index (κ3) is 2.28. The molecule has 3 rings (SSSR count). The molecule has 21 heavy (non-hydrogen) atoms. The molecule has 0 fully saturated rings. The Bertz CT molecular complexity index is 795. The molecule has 1 radical (unpaired) electrons. The lowest BCUT2D eigenvalue weighted by Crippen LogP contribution is -2.21. The molecule has 4 heteroatoms. The molecule has 3 aromatic rings. The molecular weight excluding hydrogens is 260 g/mol. The second-order valence-corrected chi connectivity index (χ2v) is 5.22. The monoisotopic (exact) mass is 279 g/mol.